The average Bonchev–Trinajstić information content (AvgIpc) is 2.07. The Bertz CT molecular complexity index is 477. The predicted molar refractivity (Wildman–Crippen MR) is 78.5 cm³/mol. The standard InChI is InChI=1S/C7H3Br5O2S/c8-4-2-1-3-5(6(4)9)15(13,14)7(10,11)12/h1-3H. The van der Waals surface area contributed by atoms with Crippen molar-refractivity contribution < 1.29 is 8.42 Å². The van der Waals surface area contributed by atoms with Crippen LogP contribution in [0.4, 0.5) is 0 Å². The first-order valence-corrected chi connectivity index (χ1v) is 8.88. The van der Waals surface area contributed by atoms with Crippen molar-refractivity contribution >= 4 is 89.5 Å². The lowest BCUT2D eigenvalue weighted by Gasteiger charge is -2.15. The fourth-order valence-electron chi connectivity index (χ4n) is 0.816. The fourth-order valence-corrected chi connectivity index (χ4v) is 4.64. The van der Waals surface area contributed by atoms with Gasteiger partial charge in [0.25, 0.3) is 0 Å². The zero-order valence-electron chi connectivity index (χ0n) is 6.85. The highest BCUT2D eigenvalue weighted by Crippen LogP contribution is 2.45. The highest BCUT2D eigenvalue weighted by atomic mass is 80.0. The first kappa shape index (κ1) is 14.6. The van der Waals surface area contributed by atoms with Gasteiger partial charge in [-0.05, 0) is 91.8 Å². The monoisotopic (exact) mass is 546 g/mol. The molecule has 0 atom stereocenters. The minimum absolute atomic E-state index is 0.183. The van der Waals surface area contributed by atoms with Crippen LogP contribution in [0.25, 0.3) is 0 Å². The van der Waals surface area contributed by atoms with Gasteiger partial charge < -0.3 is 0 Å². The summed E-state index contributed by atoms with van der Waals surface area (Å²) in [5, 5.41) is 0. The van der Waals surface area contributed by atoms with Crippen molar-refractivity contribution in [3.63, 3.8) is 0 Å². The summed E-state index contributed by atoms with van der Waals surface area (Å²) in [6, 6.07) is 4.92. The summed E-state index contributed by atoms with van der Waals surface area (Å²) < 4.78 is 23.9. The highest BCUT2D eigenvalue weighted by molar-refractivity contribution is 9.42. The maximum absolute atomic E-state index is 12.0. The van der Waals surface area contributed by atoms with Gasteiger partial charge in [0.15, 0.2) is 0 Å². The predicted octanol–water partition coefficient (Wildman–Crippen LogP) is 4.78. The lowest BCUT2D eigenvalue weighted by atomic mass is 10.4. The second-order valence-electron chi connectivity index (χ2n) is 2.50. The molecule has 0 spiro atoms. The summed E-state index contributed by atoms with van der Waals surface area (Å²) in [6.45, 7) is 0. The van der Waals surface area contributed by atoms with E-state index in [-0.39, 0.29) is 4.90 Å². The molecule has 1 aromatic rings. The Morgan fingerprint density at radius 1 is 1.07 bits per heavy atom. The van der Waals surface area contributed by atoms with E-state index in [4.69, 9.17) is 0 Å². The topological polar surface area (TPSA) is 34.1 Å². The summed E-state index contributed by atoms with van der Waals surface area (Å²) in [7, 11) is -3.56. The second kappa shape index (κ2) is 5.06. The van der Waals surface area contributed by atoms with Crippen molar-refractivity contribution in [2.45, 2.75) is 6.37 Å². The van der Waals surface area contributed by atoms with Gasteiger partial charge in [0, 0.05) is 4.47 Å². The van der Waals surface area contributed by atoms with Gasteiger partial charge in [0.1, 0.15) is 0 Å². The molecule has 1 aromatic carbocycles. The molecule has 0 bridgehead atoms. The van der Waals surface area contributed by atoms with Crippen LogP contribution in [0, 0.1) is 0 Å². The van der Waals surface area contributed by atoms with E-state index < -0.39 is 11.3 Å². The zero-order valence-corrected chi connectivity index (χ0v) is 15.6. The molecule has 15 heavy (non-hydrogen) atoms. The summed E-state index contributed by atoms with van der Waals surface area (Å²) in [6.07, 6.45) is 0. The van der Waals surface area contributed by atoms with Crippen LogP contribution in [0.5, 0.6) is 0 Å². The summed E-state index contributed by atoms with van der Waals surface area (Å²) in [5.74, 6) is 0. The number of benzene rings is 1. The number of rotatable bonds is 1. The normalized spacial score (nSPS) is 12.9. The first-order valence-electron chi connectivity index (χ1n) is 3.43. The Morgan fingerprint density at radius 3 is 2.07 bits per heavy atom. The Kier molecular flexibility index (Phi) is 4.93. The van der Waals surface area contributed by atoms with Crippen molar-refractivity contribution in [1.82, 2.24) is 0 Å². The molecular formula is C7H3Br5O2S. The fraction of sp³-hybridized carbons (Fsp3) is 0.143. The van der Waals surface area contributed by atoms with Gasteiger partial charge >= 0.3 is 0 Å². The third-order valence-corrected chi connectivity index (χ3v) is 9.18. The van der Waals surface area contributed by atoms with Gasteiger partial charge in [-0.25, -0.2) is 8.42 Å². The van der Waals surface area contributed by atoms with Crippen LogP contribution in [0.3, 0.4) is 0 Å². The maximum atomic E-state index is 12.0. The summed E-state index contributed by atoms with van der Waals surface area (Å²) in [5.41, 5.74) is 0. The summed E-state index contributed by atoms with van der Waals surface area (Å²) in [4.78, 5) is 0.183. The molecule has 0 unspecified atom stereocenters. The maximum Gasteiger partial charge on any atom is 0.239 e. The van der Waals surface area contributed by atoms with Crippen LogP contribution >= 0.6 is 79.6 Å². The molecule has 0 aliphatic carbocycles. The number of halogens is 5. The van der Waals surface area contributed by atoms with Gasteiger partial charge in [-0.15, -0.1) is 0 Å². The number of alkyl halides is 3. The lowest BCUT2D eigenvalue weighted by molar-refractivity contribution is 0.598. The van der Waals surface area contributed by atoms with Crippen LogP contribution < -0.4 is 0 Å². The van der Waals surface area contributed by atoms with Crippen molar-refractivity contribution in [2.24, 2.45) is 0 Å². The van der Waals surface area contributed by atoms with Crippen molar-refractivity contribution in [2.75, 3.05) is 0 Å². The van der Waals surface area contributed by atoms with Crippen LogP contribution in [-0.2, 0) is 9.84 Å². The zero-order chi connectivity index (χ0) is 11.9. The smallest absolute Gasteiger partial charge is 0.220 e. The molecule has 0 aliphatic rings. The Morgan fingerprint density at radius 2 is 1.60 bits per heavy atom. The molecule has 0 saturated carbocycles. The molecule has 0 aromatic heterocycles. The van der Waals surface area contributed by atoms with Gasteiger partial charge in [0.05, 0.1) is 9.37 Å². The van der Waals surface area contributed by atoms with Crippen LogP contribution in [0.1, 0.15) is 0 Å². The highest BCUT2D eigenvalue weighted by Gasteiger charge is 2.38. The third kappa shape index (κ3) is 3.07. The van der Waals surface area contributed by atoms with Crippen molar-refractivity contribution in [3.05, 3.63) is 27.1 Å². The van der Waals surface area contributed by atoms with Crippen LogP contribution in [-0.4, -0.2) is 9.89 Å². The van der Waals surface area contributed by atoms with E-state index in [9.17, 15) is 8.42 Å². The molecule has 0 aliphatic heterocycles. The molecular weight excluding hydrogens is 548 g/mol. The largest absolute Gasteiger partial charge is 0.239 e. The third-order valence-electron chi connectivity index (χ3n) is 1.51. The molecule has 2 nitrogen and oxygen atoms in total. The SMILES string of the molecule is O=S(=O)(c1cccc(Br)c1Br)C(Br)(Br)Br. The Balaban J connectivity index is 3.49. The van der Waals surface area contributed by atoms with E-state index in [1.807, 2.05) is 0 Å². The van der Waals surface area contributed by atoms with E-state index in [1.165, 1.54) is 6.07 Å². The van der Waals surface area contributed by atoms with Crippen LogP contribution in [0.15, 0.2) is 32.0 Å². The minimum Gasteiger partial charge on any atom is -0.220 e. The molecule has 0 fully saturated rings. The summed E-state index contributed by atoms with van der Waals surface area (Å²) >= 11 is 15.5. The molecule has 0 amide bonds. The van der Waals surface area contributed by atoms with E-state index in [0.29, 0.717) is 8.95 Å². The van der Waals surface area contributed by atoms with Gasteiger partial charge in [-0.3, -0.25) is 0 Å². The van der Waals surface area contributed by atoms with E-state index >= 15 is 0 Å². The molecule has 0 N–H and O–H groups in total. The van der Waals surface area contributed by atoms with E-state index in [2.05, 4.69) is 79.6 Å². The molecule has 0 saturated heterocycles. The van der Waals surface area contributed by atoms with Crippen molar-refractivity contribution in [3.8, 4) is 0 Å². The first-order chi connectivity index (χ1) is 6.68. The quantitative estimate of drug-likeness (QED) is 0.472. The number of hydrogen-bond acceptors (Lipinski definition) is 2. The van der Waals surface area contributed by atoms with Crippen LogP contribution in [0.2, 0.25) is 0 Å². The van der Waals surface area contributed by atoms with Gasteiger partial charge in [0.2, 0.25) is 11.3 Å². The van der Waals surface area contributed by atoms with E-state index in [0.717, 1.165) is 0 Å². The molecule has 84 valence electrons. The van der Waals surface area contributed by atoms with Gasteiger partial charge in [-0.2, -0.15) is 0 Å². The second-order valence-corrected chi connectivity index (χ2v) is 14.5. The number of sulfone groups is 1. The molecule has 0 radical (unpaired) electrons. The Labute approximate surface area is 130 Å². The molecule has 1 rings (SSSR count). The van der Waals surface area contributed by atoms with E-state index in [1.54, 1.807) is 12.1 Å². The van der Waals surface area contributed by atoms with Gasteiger partial charge in [-0.1, -0.05) is 6.07 Å². The molecule has 8 heteroatoms. The minimum atomic E-state index is -3.56. The average molecular weight is 551 g/mol. The molecule has 0 heterocycles. The number of hydrogen-bond donors (Lipinski definition) is 0. The lowest BCUT2D eigenvalue weighted by Crippen LogP contribution is -2.18. The Hall–Kier alpha value is 1.57. The van der Waals surface area contributed by atoms with Crippen molar-refractivity contribution in [1.29, 1.82) is 0 Å².